The van der Waals surface area contributed by atoms with E-state index in [0.717, 1.165) is 31.1 Å². The minimum atomic E-state index is 0.644. The van der Waals surface area contributed by atoms with Crippen LogP contribution in [-0.4, -0.2) is 41.2 Å². The van der Waals surface area contributed by atoms with Crippen LogP contribution < -0.4 is 5.32 Å². The summed E-state index contributed by atoms with van der Waals surface area (Å²) in [6.45, 7) is 2.95. The lowest BCUT2D eigenvalue weighted by atomic mass is 9.90. The molecule has 0 aromatic carbocycles. The molecular weight excluding hydrogens is 252 g/mol. The van der Waals surface area contributed by atoms with Gasteiger partial charge in [-0.05, 0) is 46.2 Å². The smallest absolute Gasteiger partial charge is 0.240 e. The van der Waals surface area contributed by atoms with E-state index < -0.39 is 0 Å². The van der Waals surface area contributed by atoms with Crippen LogP contribution in [0, 0.1) is 0 Å². The largest absolute Gasteiger partial charge is 0.338 e. The zero-order chi connectivity index (χ0) is 14.4. The van der Waals surface area contributed by atoms with Gasteiger partial charge in [-0.25, -0.2) is 0 Å². The molecule has 1 fully saturated rings. The van der Waals surface area contributed by atoms with Gasteiger partial charge < -0.3 is 9.84 Å². The normalized spacial score (nSPS) is 23.4. The zero-order valence-corrected chi connectivity index (χ0v) is 13.1. The Bertz CT molecular complexity index is 385. The minimum absolute atomic E-state index is 0.644. The molecule has 0 unspecified atom stereocenters. The molecule has 0 radical (unpaired) electrons. The summed E-state index contributed by atoms with van der Waals surface area (Å²) in [6, 6.07) is 1.34. The van der Waals surface area contributed by atoms with Crippen LogP contribution in [0.25, 0.3) is 0 Å². The van der Waals surface area contributed by atoms with E-state index in [9.17, 15) is 0 Å². The molecule has 0 spiro atoms. The molecule has 5 heteroatoms. The summed E-state index contributed by atoms with van der Waals surface area (Å²) in [7, 11) is 4.23. The summed E-state index contributed by atoms with van der Waals surface area (Å²) in [5.74, 6) is 1.61. The number of hydrogen-bond acceptors (Lipinski definition) is 5. The van der Waals surface area contributed by atoms with Crippen LogP contribution >= 0.6 is 0 Å². The maximum atomic E-state index is 5.35. The molecule has 0 amide bonds. The zero-order valence-electron chi connectivity index (χ0n) is 13.1. The van der Waals surface area contributed by atoms with E-state index in [1.165, 1.54) is 32.1 Å². The summed E-state index contributed by atoms with van der Waals surface area (Å²) in [4.78, 5) is 6.85. The van der Waals surface area contributed by atoms with Crippen molar-refractivity contribution in [3.63, 3.8) is 0 Å². The molecule has 0 aliphatic heterocycles. The average Bonchev–Trinajstić information content (AvgIpc) is 2.92. The van der Waals surface area contributed by atoms with Gasteiger partial charge in [-0.1, -0.05) is 18.5 Å². The van der Waals surface area contributed by atoms with Gasteiger partial charge in [-0.2, -0.15) is 4.98 Å². The van der Waals surface area contributed by atoms with E-state index in [-0.39, 0.29) is 0 Å². The van der Waals surface area contributed by atoms with Crippen LogP contribution in [0.1, 0.15) is 57.2 Å². The highest BCUT2D eigenvalue weighted by Crippen LogP contribution is 2.23. The number of rotatable bonds is 7. The first kappa shape index (κ1) is 15.4. The molecule has 0 atom stereocenters. The molecule has 1 aliphatic rings. The average molecular weight is 280 g/mol. The van der Waals surface area contributed by atoms with Crippen molar-refractivity contribution in [2.45, 2.75) is 70.5 Å². The van der Waals surface area contributed by atoms with Crippen LogP contribution in [0.3, 0.4) is 0 Å². The van der Waals surface area contributed by atoms with Crippen LogP contribution in [-0.2, 0) is 13.0 Å². The fourth-order valence-corrected chi connectivity index (χ4v) is 2.94. The molecule has 2 rings (SSSR count). The first-order valence-electron chi connectivity index (χ1n) is 7.92. The van der Waals surface area contributed by atoms with Gasteiger partial charge in [0.25, 0.3) is 0 Å². The van der Waals surface area contributed by atoms with Crippen molar-refractivity contribution in [1.29, 1.82) is 0 Å². The molecule has 20 heavy (non-hydrogen) atoms. The van der Waals surface area contributed by atoms with Gasteiger partial charge >= 0.3 is 0 Å². The predicted octanol–water partition coefficient (Wildman–Crippen LogP) is 2.37. The van der Waals surface area contributed by atoms with E-state index in [1.54, 1.807) is 0 Å². The number of aryl methyl sites for hydroxylation is 1. The first-order valence-corrected chi connectivity index (χ1v) is 7.92. The summed E-state index contributed by atoms with van der Waals surface area (Å²) in [6.07, 6.45) is 8.24. The second kappa shape index (κ2) is 7.74. The highest BCUT2D eigenvalue weighted by Gasteiger charge is 2.24. The SMILES string of the molecule is CCCCc1noc(CN(C)C2CCC(NC)CC2)n1. The Balaban J connectivity index is 1.79. The van der Waals surface area contributed by atoms with Crippen LogP contribution in [0.4, 0.5) is 0 Å². The van der Waals surface area contributed by atoms with Gasteiger partial charge in [-0.15, -0.1) is 0 Å². The van der Waals surface area contributed by atoms with Crippen molar-refractivity contribution >= 4 is 0 Å². The van der Waals surface area contributed by atoms with E-state index in [4.69, 9.17) is 4.52 Å². The van der Waals surface area contributed by atoms with Gasteiger partial charge in [0.15, 0.2) is 5.82 Å². The Labute approximate surface area is 122 Å². The van der Waals surface area contributed by atoms with Crippen molar-refractivity contribution in [2.75, 3.05) is 14.1 Å². The fourth-order valence-electron chi connectivity index (χ4n) is 2.94. The molecule has 1 N–H and O–H groups in total. The molecule has 1 heterocycles. The summed E-state index contributed by atoms with van der Waals surface area (Å²) < 4.78 is 5.35. The Morgan fingerprint density at radius 3 is 2.70 bits per heavy atom. The third-order valence-corrected chi connectivity index (χ3v) is 4.38. The number of hydrogen-bond donors (Lipinski definition) is 1. The molecular formula is C15H28N4O. The first-order chi connectivity index (χ1) is 9.72. The Morgan fingerprint density at radius 2 is 2.05 bits per heavy atom. The number of aromatic nitrogens is 2. The topological polar surface area (TPSA) is 54.2 Å². The van der Waals surface area contributed by atoms with Gasteiger partial charge in [0, 0.05) is 18.5 Å². The van der Waals surface area contributed by atoms with Gasteiger partial charge in [0.2, 0.25) is 5.89 Å². The van der Waals surface area contributed by atoms with Crippen LogP contribution in [0.15, 0.2) is 4.52 Å². The summed E-state index contributed by atoms with van der Waals surface area (Å²) in [5, 5.41) is 7.43. The monoisotopic (exact) mass is 280 g/mol. The van der Waals surface area contributed by atoms with E-state index in [2.05, 4.69) is 41.4 Å². The highest BCUT2D eigenvalue weighted by atomic mass is 16.5. The Kier molecular flexibility index (Phi) is 5.98. The van der Waals surface area contributed by atoms with Crippen molar-refractivity contribution in [1.82, 2.24) is 20.4 Å². The lowest BCUT2D eigenvalue weighted by Gasteiger charge is -2.33. The van der Waals surface area contributed by atoms with Crippen molar-refractivity contribution in [3.8, 4) is 0 Å². The van der Waals surface area contributed by atoms with E-state index >= 15 is 0 Å². The maximum absolute atomic E-state index is 5.35. The van der Waals surface area contributed by atoms with E-state index in [1.807, 2.05) is 0 Å². The molecule has 5 nitrogen and oxygen atoms in total. The molecule has 0 saturated heterocycles. The predicted molar refractivity (Wildman–Crippen MR) is 79.5 cm³/mol. The quantitative estimate of drug-likeness (QED) is 0.831. The second-order valence-electron chi connectivity index (χ2n) is 5.92. The van der Waals surface area contributed by atoms with Gasteiger partial charge in [0.05, 0.1) is 6.54 Å². The van der Waals surface area contributed by atoms with Crippen molar-refractivity contribution < 1.29 is 4.52 Å². The summed E-state index contributed by atoms with van der Waals surface area (Å²) >= 11 is 0. The third kappa shape index (κ3) is 4.28. The maximum Gasteiger partial charge on any atom is 0.240 e. The number of unbranched alkanes of at least 4 members (excludes halogenated alkanes) is 1. The molecule has 1 aromatic heterocycles. The van der Waals surface area contributed by atoms with E-state index in [0.29, 0.717) is 12.1 Å². The lowest BCUT2D eigenvalue weighted by Crippen LogP contribution is -2.39. The highest BCUT2D eigenvalue weighted by molar-refractivity contribution is 4.88. The Hall–Kier alpha value is -0.940. The number of nitrogens with one attached hydrogen (secondary N) is 1. The van der Waals surface area contributed by atoms with Gasteiger partial charge in [0.1, 0.15) is 0 Å². The van der Waals surface area contributed by atoms with Crippen LogP contribution in [0.5, 0.6) is 0 Å². The summed E-state index contributed by atoms with van der Waals surface area (Å²) in [5.41, 5.74) is 0. The number of nitrogens with zero attached hydrogens (tertiary/aromatic N) is 3. The van der Waals surface area contributed by atoms with Crippen LogP contribution in [0.2, 0.25) is 0 Å². The molecule has 1 aliphatic carbocycles. The second-order valence-corrected chi connectivity index (χ2v) is 5.92. The van der Waals surface area contributed by atoms with Crippen molar-refractivity contribution in [3.05, 3.63) is 11.7 Å². The molecule has 1 saturated carbocycles. The Morgan fingerprint density at radius 1 is 1.30 bits per heavy atom. The molecule has 114 valence electrons. The fraction of sp³-hybridized carbons (Fsp3) is 0.867. The van der Waals surface area contributed by atoms with Crippen molar-refractivity contribution in [2.24, 2.45) is 0 Å². The lowest BCUT2D eigenvalue weighted by molar-refractivity contribution is 0.153. The third-order valence-electron chi connectivity index (χ3n) is 4.38. The standard InChI is InChI=1S/C15H28N4O/c1-4-5-6-14-17-15(20-18-14)11-19(3)13-9-7-12(16-2)8-10-13/h12-13,16H,4-11H2,1-3H3. The molecule has 0 bridgehead atoms. The minimum Gasteiger partial charge on any atom is -0.338 e. The molecule has 1 aromatic rings. The van der Waals surface area contributed by atoms with Gasteiger partial charge in [-0.3, -0.25) is 4.90 Å².